The fourth-order valence-corrected chi connectivity index (χ4v) is 2.40. The molecule has 0 aliphatic carbocycles. The molecule has 1 aromatic carbocycles. The van der Waals surface area contributed by atoms with Gasteiger partial charge in [0.1, 0.15) is 0 Å². The van der Waals surface area contributed by atoms with E-state index in [0.29, 0.717) is 18.5 Å². The van der Waals surface area contributed by atoms with Crippen molar-refractivity contribution in [2.75, 3.05) is 13.1 Å². The lowest BCUT2D eigenvalue weighted by Crippen LogP contribution is -2.29. The average Bonchev–Trinajstić information content (AvgIpc) is 3.06. The van der Waals surface area contributed by atoms with Crippen molar-refractivity contribution in [3.05, 3.63) is 30.0 Å². The van der Waals surface area contributed by atoms with Gasteiger partial charge < -0.3 is 10.0 Å². The number of rotatable bonds is 2. The molecule has 0 spiro atoms. The van der Waals surface area contributed by atoms with Crippen molar-refractivity contribution in [2.45, 2.75) is 6.42 Å². The van der Waals surface area contributed by atoms with E-state index >= 15 is 0 Å². The first-order valence-electron chi connectivity index (χ1n) is 6.10. The highest BCUT2D eigenvalue weighted by atomic mass is 16.4. The van der Waals surface area contributed by atoms with E-state index in [1.54, 1.807) is 29.3 Å². The number of H-pyrrole nitrogens is 1. The van der Waals surface area contributed by atoms with Crippen LogP contribution in [0.2, 0.25) is 0 Å². The summed E-state index contributed by atoms with van der Waals surface area (Å²) in [5.41, 5.74) is 1.45. The maximum atomic E-state index is 12.3. The van der Waals surface area contributed by atoms with Crippen molar-refractivity contribution >= 4 is 22.8 Å². The number of nitrogens with zero attached hydrogens (tertiary/aromatic N) is 2. The standard InChI is InChI=1S/C13H13N3O3/c17-12(16-4-3-9(7-16)13(18)19)8-1-2-11-10(5-8)6-14-15-11/h1-2,5-6,9H,3-4,7H2,(H,14,15)(H,18,19). The van der Waals surface area contributed by atoms with Gasteiger partial charge in [-0.3, -0.25) is 14.7 Å². The van der Waals surface area contributed by atoms with Crippen LogP contribution in [0.5, 0.6) is 0 Å². The summed E-state index contributed by atoms with van der Waals surface area (Å²) in [5, 5.41) is 16.6. The Hall–Kier alpha value is -2.37. The first-order valence-corrected chi connectivity index (χ1v) is 6.10. The Balaban J connectivity index is 1.82. The molecule has 19 heavy (non-hydrogen) atoms. The smallest absolute Gasteiger partial charge is 0.308 e. The van der Waals surface area contributed by atoms with E-state index in [9.17, 15) is 9.59 Å². The van der Waals surface area contributed by atoms with Gasteiger partial charge in [-0.05, 0) is 24.6 Å². The highest BCUT2D eigenvalue weighted by Crippen LogP contribution is 2.20. The molecule has 0 saturated carbocycles. The van der Waals surface area contributed by atoms with E-state index in [1.165, 1.54) is 0 Å². The average molecular weight is 259 g/mol. The third kappa shape index (κ3) is 2.05. The van der Waals surface area contributed by atoms with Crippen molar-refractivity contribution in [1.29, 1.82) is 0 Å². The number of likely N-dealkylation sites (tertiary alicyclic amines) is 1. The molecule has 2 heterocycles. The normalized spacial score (nSPS) is 18.9. The van der Waals surface area contributed by atoms with Crippen LogP contribution in [-0.4, -0.2) is 45.2 Å². The second-order valence-corrected chi connectivity index (χ2v) is 4.75. The molecular formula is C13H13N3O3. The van der Waals surface area contributed by atoms with Crippen LogP contribution >= 0.6 is 0 Å². The Morgan fingerprint density at radius 3 is 3.00 bits per heavy atom. The van der Waals surface area contributed by atoms with E-state index in [4.69, 9.17) is 5.11 Å². The Morgan fingerprint density at radius 2 is 2.26 bits per heavy atom. The molecule has 6 nitrogen and oxygen atoms in total. The van der Waals surface area contributed by atoms with E-state index < -0.39 is 11.9 Å². The van der Waals surface area contributed by atoms with Gasteiger partial charge in [0, 0.05) is 24.0 Å². The number of nitrogens with one attached hydrogen (secondary N) is 1. The van der Waals surface area contributed by atoms with E-state index in [1.807, 2.05) is 0 Å². The molecule has 1 unspecified atom stereocenters. The molecule has 2 aromatic rings. The van der Waals surface area contributed by atoms with Gasteiger partial charge in [-0.2, -0.15) is 5.10 Å². The SMILES string of the molecule is O=C(O)C1CCN(C(=O)c2ccc3[nH]ncc3c2)C1. The molecule has 3 rings (SSSR count). The van der Waals surface area contributed by atoms with Crippen molar-refractivity contribution in [1.82, 2.24) is 15.1 Å². The summed E-state index contributed by atoms with van der Waals surface area (Å²) in [6.45, 7) is 0.789. The summed E-state index contributed by atoms with van der Waals surface area (Å²) in [5.74, 6) is -1.39. The number of hydrogen-bond donors (Lipinski definition) is 2. The predicted molar refractivity (Wildman–Crippen MR) is 67.7 cm³/mol. The number of carboxylic acid groups (broad SMARTS) is 1. The Morgan fingerprint density at radius 1 is 1.42 bits per heavy atom. The summed E-state index contributed by atoms with van der Waals surface area (Å²) in [6, 6.07) is 5.31. The van der Waals surface area contributed by atoms with Crippen molar-refractivity contribution in [2.24, 2.45) is 5.92 Å². The number of aliphatic carboxylic acids is 1. The quantitative estimate of drug-likeness (QED) is 0.845. The number of carbonyl (C=O) groups is 2. The maximum Gasteiger partial charge on any atom is 0.308 e. The number of carbonyl (C=O) groups excluding carboxylic acids is 1. The zero-order valence-corrected chi connectivity index (χ0v) is 10.2. The second kappa shape index (κ2) is 4.38. The highest BCUT2D eigenvalue weighted by Gasteiger charge is 2.31. The zero-order chi connectivity index (χ0) is 13.4. The van der Waals surface area contributed by atoms with Gasteiger partial charge in [0.05, 0.1) is 17.6 Å². The van der Waals surface area contributed by atoms with Crippen LogP contribution in [0.4, 0.5) is 0 Å². The third-order valence-corrected chi connectivity index (χ3v) is 3.51. The summed E-state index contributed by atoms with van der Waals surface area (Å²) in [4.78, 5) is 24.8. The molecule has 1 saturated heterocycles. The van der Waals surface area contributed by atoms with Gasteiger partial charge in [0.25, 0.3) is 5.91 Å². The highest BCUT2D eigenvalue weighted by molar-refractivity contribution is 5.98. The Bertz CT molecular complexity index is 649. The van der Waals surface area contributed by atoms with E-state index in [2.05, 4.69) is 10.2 Å². The lowest BCUT2D eigenvalue weighted by atomic mass is 10.1. The molecule has 6 heteroatoms. The lowest BCUT2D eigenvalue weighted by molar-refractivity contribution is -0.141. The molecule has 1 aromatic heterocycles. The lowest BCUT2D eigenvalue weighted by Gasteiger charge is -2.15. The van der Waals surface area contributed by atoms with Crippen LogP contribution in [0.1, 0.15) is 16.8 Å². The molecule has 2 N–H and O–H groups in total. The van der Waals surface area contributed by atoms with E-state index in [-0.39, 0.29) is 12.5 Å². The largest absolute Gasteiger partial charge is 0.481 e. The zero-order valence-electron chi connectivity index (χ0n) is 10.2. The Labute approximate surface area is 109 Å². The van der Waals surface area contributed by atoms with Gasteiger partial charge in [-0.15, -0.1) is 0 Å². The molecule has 1 amide bonds. The van der Waals surface area contributed by atoms with Crippen LogP contribution in [-0.2, 0) is 4.79 Å². The third-order valence-electron chi connectivity index (χ3n) is 3.51. The summed E-state index contributed by atoms with van der Waals surface area (Å²) >= 11 is 0. The summed E-state index contributed by atoms with van der Waals surface area (Å²) in [6.07, 6.45) is 2.19. The number of aromatic amines is 1. The van der Waals surface area contributed by atoms with Crippen LogP contribution in [0.25, 0.3) is 10.9 Å². The van der Waals surface area contributed by atoms with Crippen molar-refractivity contribution in [3.8, 4) is 0 Å². The fraction of sp³-hybridized carbons (Fsp3) is 0.308. The van der Waals surface area contributed by atoms with Crippen LogP contribution in [0, 0.1) is 5.92 Å². The van der Waals surface area contributed by atoms with Crippen LogP contribution in [0.15, 0.2) is 24.4 Å². The van der Waals surface area contributed by atoms with Crippen molar-refractivity contribution in [3.63, 3.8) is 0 Å². The molecule has 0 radical (unpaired) electrons. The molecular weight excluding hydrogens is 246 g/mol. The van der Waals surface area contributed by atoms with Crippen LogP contribution in [0.3, 0.4) is 0 Å². The number of aromatic nitrogens is 2. The number of fused-ring (bicyclic) bond motifs is 1. The number of amides is 1. The number of hydrogen-bond acceptors (Lipinski definition) is 3. The molecule has 1 aliphatic rings. The van der Waals surface area contributed by atoms with Gasteiger partial charge in [-0.1, -0.05) is 0 Å². The molecule has 1 atom stereocenters. The van der Waals surface area contributed by atoms with Gasteiger partial charge in [-0.25, -0.2) is 0 Å². The maximum absolute atomic E-state index is 12.3. The van der Waals surface area contributed by atoms with Gasteiger partial charge in [0.2, 0.25) is 0 Å². The summed E-state index contributed by atoms with van der Waals surface area (Å²) < 4.78 is 0. The van der Waals surface area contributed by atoms with Gasteiger partial charge in [0.15, 0.2) is 0 Å². The molecule has 1 aliphatic heterocycles. The minimum absolute atomic E-state index is 0.119. The number of benzene rings is 1. The first-order chi connectivity index (χ1) is 9.15. The van der Waals surface area contributed by atoms with Gasteiger partial charge >= 0.3 is 5.97 Å². The minimum atomic E-state index is -0.833. The topological polar surface area (TPSA) is 86.3 Å². The first kappa shape index (κ1) is 11.7. The second-order valence-electron chi connectivity index (χ2n) is 4.75. The van der Waals surface area contributed by atoms with Crippen LogP contribution < -0.4 is 0 Å². The fourth-order valence-electron chi connectivity index (χ4n) is 2.40. The van der Waals surface area contributed by atoms with E-state index in [0.717, 1.165) is 10.9 Å². The Kier molecular flexibility index (Phi) is 2.70. The van der Waals surface area contributed by atoms with Crippen molar-refractivity contribution < 1.29 is 14.7 Å². The molecule has 1 fully saturated rings. The summed E-state index contributed by atoms with van der Waals surface area (Å²) in [7, 11) is 0. The molecule has 0 bridgehead atoms. The monoisotopic (exact) mass is 259 g/mol. The number of carboxylic acids is 1. The minimum Gasteiger partial charge on any atom is -0.481 e. The predicted octanol–water partition coefficient (Wildman–Crippen LogP) is 1.11. The molecule has 98 valence electrons.